The smallest absolute Gasteiger partial charge is 0.344 e. The minimum Gasteiger partial charge on any atom is -0.351 e. The zero-order valence-electron chi connectivity index (χ0n) is 9.04. The molecule has 0 spiro atoms. The minimum atomic E-state index is -1.36. The number of aromatic nitrogens is 2. The summed E-state index contributed by atoms with van der Waals surface area (Å²) in [6.07, 6.45) is 0.722. The van der Waals surface area contributed by atoms with Crippen molar-refractivity contribution in [3.05, 3.63) is 63.2 Å². The molecule has 0 radical (unpaired) electrons. The lowest BCUT2D eigenvalue weighted by atomic mass is 10.3. The maximum Gasteiger partial charge on any atom is 0.344 e. The van der Waals surface area contributed by atoms with E-state index in [0.717, 1.165) is 10.8 Å². The molecule has 0 aliphatic heterocycles. The zero-order valence-corrected chi connectivity index (χ0v) is 9.04. The molecule has 18 heavy (non-hydrogen) atoms. The average molecular weight is 249 g/mol. The fourth-order valence-corrected chi connectivity index (χ4v) is 1.49. The highest BCUT2D eigenvalue weighted by Crippen LogP contribution is 2.03. The Morgan fingerprint density at radius 2 is 1.78 bits per heavy atom. The largest absolute Gasteiger partial charge is 0.351 e. The molecule has 7 heteroatoms. The first-order valence-corrected chi connectivity index (χ1v) is 4.92. The van der Waals surface area contributed by atoms with Gasteiger partial charge >= 0.3 is 17.3 Å². The van der Waals surface area contributed by atoms with E-state index in [1.165, 1.54) is 12.1 Å². The number of amides is 1. The van der Waals surface area contributed by atoms with Crippen LogP contribution in [0, 0.1) is 5.82 Å². The summed E-state index contributed by atoms with van der Waals surface area (Å²) in [6.45, 7) is 0. The Hall–Kier alpha value is -2.70. The topological polar surface area (TPSA) is 87.1 Å². The van der Waals surface area contributed by atoms with Crippen LogP contribution in [0.1, 0.15) is 0 Å². The van der Waals surface area contributed by atoms with Crippen molar-refractivity contribution < 1.29 is 9.18 Å². The highest BCUT2D eigenvalue weighted by atomic mass is 19.1. The summed E-state index contributed by atoms with van der Waals surface area (Å²) < 4.78 is 14.2. The Balaban J connectivity index is 2.84. The van der Waals surface area contributed by atoms with Crippen LogP contribution in [0.4, 0.5) is 9.18 Å². The van der Waals surface area contributed by atoms with Gasteiger partial charge in [-0.15, -0.1) is 0 Å². The monoisotopic (exact) mass is 249 g/mol. The summed E-state index contributed by atoms with van der Waals surface area (Å²) in [4.78, 5) is 34.1. The summed E-state index contributed by atoms with van der Waals surface area (Å²) in [5.74, 6) is -1.24. The number of nitrogens with zero attached hydrogens (tertiary/aromatic N) is 2. The van der Waals surface area contributed by atoms with Crippen molar-refractivity contribution in [2.45, 2.75) is 0 Å². The quantitative estimate of drug-likeness (QED) is 0.775. The fourth-order valence-electron chi connectivity index (χ4n) is 1.49. The molecule has 92 valence electrons. The highest BCUT2D eigenvalue weighted by Gasteiger charge is 2.15. The molecule has 1 amide bonds. The van der Waals surface area contributed by atoms with E-state index >= 15 is 0 Å². The van der Waals surface area contributed by atoms with Crippen LogP contribution in [0.25, 0.3) is 5.69 Å². The van der Waals surface area contributed by atoms with Gasteiger partial charge < -0.3 is 5.73 Å². The summed E-state index contributed by atoms with van der Waals surface area (Å²) in [5, 5.41) is 0. The third-order valence-electron chi connectivity index (χ3n) is 2.30. The predicted molar refractivity (Wildman–Crippen MR) is 61.2 cm³/mol. The van der Waals surface area contributed by atoms with Crippen molar-refractivity contribution >= 4 is 6.03 Å². The van der Waals surface area contributed by atoms with E-state index in [4.69, 9.17) is 5.73 Å². The molecule has 1 heterocycles. The van der Waals surface area contributed by atoms with Crippen LogP contribution in [0.3, 0.4) is 0 Å². The number of nitrogens with two attached hydrogens (primary N) is 1. The van der Waals surface area contributed by atoms with E-state index in [2.05, 4.69) is 0 Å². The van der Waals surface area contributed by atoms with Crippen LogP contribution in [-0.4, -0.2) is 15.2 Å². The lowest BCUT2D eigenvalue weighted by Gasteiger charge is -2.07. The zero-order chi connectivity index (χ0) is 13.3. The standard InChI is InChI=1S/C11H8FN3O3/c12-8-6-14(7-4-2-1-3-5-7)11(18)15(9(8)16)10(13)17/h1-6H,(H2,13,17). The molecule has 1 aromatic heterocycles. The van der Waals surface area contributed by atoms with Crippen LogP contribution in [0.2, 0.25) is 0 Å². The van der Waals surface area contributed by atoms with Gasteiger partial charge in [0, 0.05) is 0 Å². The second kappa shape index (κ2) is 4.28. The molecule has 0 bridgehead atoms. The molecule has 0 aliphatic rings. The van der Waals surface area contributed by atoms with E-state index in [9.17, 15) is 18.8 Å². The molecule has 2 aromatic rings. The number of benzene rings is 1. The van der Waals surface area contributed by atoms with Crippen molar-refractivity contribution in [3.8, 4) is 5.69 Å². The second-order valence-corrected chi connectivity index (χ2v) is 3.44. The van der Waals surface area contributed by atoms with Crippen molar-refractivity contribution in [2.75, 3.05) is 0 Å². The molecule has 0 atom stereocenters. The SMILES string of the molecule is NC(=O)n1c(=O)c(F)cn(-c2ccccc2)c1=O. The number of hydrogen-bond donors (Lipinski definition) is 1. The van der Waals surface area contributed by atoms with E-state index in [-0.39, 0.29) is 4.57 Å². The first-order chi connectivity index (χ1) is 8.52. The molecule has 2 N–H and O–H groups in total. The second-order valence-electron chi connectivity index (χ2n) is 3.44. The van der Waals surface area contributed by atoms with E-state index in [1.807, 2.05) is 0 Å². The Kier molecular flexibility index (Phi) is 2.80. The first-order valence-electron chi connectivity index (χ1n) is 4.92. The van der Waals surface area contributed by atoms with Crippen molar-refractivity contribution in [1.82, 2.24) is 9.13 Å². The minimum absolute atomic E-state index is 0.0440. The molecule has 1 aromatic carbocycles. The maximum absolute atomic E-state index is 13.4. The average Bonchev–Trinajstić information content (AvgIpc) is 2.34. The molecule has 6 nitrogen and oxygen atoms in total. The Bertz CT molecular complexity index is 719. The summed E-state index contributed by atoms with van der Waals surface area (Å²) in [5.41, 5.74) is 2.82. The third kappa shape index (κ3) is 1.81. The van der Waals surface area contributed by atoms with Crippen molar-refractivity contribution in [2.24, 2.45) is 5.73 Å². The fraction of sp³-hybridized carbons (Fsp3) is 0. The van der Waals surface area contributed by atoms with Gasteiger partial charge in [0.05, 0.1) is 11.9 Å². The van der Waals surface area contributed by atoms with Crippen molar-refractivity contribution in [3.63, 3.8) is 0 Å². The van der Waals surface area contributed by atoms with Crippen LogP contribution < -0.4 is 17.0 Å². The number of primary amides is 1. The Morgan fingerprint density at radius 1 is 1.17 bits per heavy atom. The Labute approximate surface area is 99.7 Å². The first kappa shape index (κ1) is 11.8. The molecule has 0 unspecified atom stereocenters. The van der Waals surface area contributed by atoms with Gasteiger partial charge in [0.1, 0.15) is 0 Å². The van der Waals surface area contributed by atoms with E-state index in [1.54, 1.807) is 18.2 Å². The van der Waals surface area contributed by atoms with Crippen molar-refractivity contribution in [1.29, 1.82) is 0 Å². The summed E-state index contributed by atoms with van der Waals surface area (Å²) >= 11 is 0. The normalized spacial score (nSPS) is 10.3. The molecular formula is C11H8FN3O3. The molecular weight excluding hydrogens is 241 g/mol. The van der Waals surface area contributed by atoms with Crippen LogP contribution in [-0.2, 0) is 0 Å². The lowest BCUT2D eigenvalue weighted by Crippen LogP contribution is -2.46. The number of hydrogen-bond acceptors (Lipinski definition) is 3. The maximum atomic E-state index is 13.4. The number of para-hydroxylation sites is 1. The predicted octanol–water partition coefficient (Wildman–Crippen LogP) is 0.0651. The molecule has 0 aliphatic carbocycles. The van der Waals surface area contributed by atoms with Gasteiger partial charge in [0.15, 0.2) is 0 Å². The number of halogens is 1. The number of carbonyl (C=O) groups is 1. The van der Waals surface area contributed by atoms with Gasteiger partial charge in [0.25, 0.3) is 0 Å². The number of carbonyl (C=O) groups excluding carboxylic acids is 1. The van der Waals surface area contributed by atoms with E-state index < -0.39 is 23.1 Å². The van der Waals surface area contributed by atoms with Gasteiger partial charge in [-0.3, -0.25) is 9.36 Å². The van der Waals surface area contributed by atoms with Gasteiger partial charge in [-0.25, -0.2) is 9.59 Å². The molecule has 0 saturated heterocycles. The summed E-state index contributed by atoms with van der Waals surface area (Å²) in [6, 6.07) is 6.68. The molecule has 0 fully saturated rings. The molecule has 2 rings (SSSR count). The van der Waals surface area contributed by atoms with E-state index in [0.29, 0.717) is 5.69 Å². The summed E-state index contributed by atoms with van der Waals surface area (Å²) in [7, 11) is 0. The van der Waals surface area contributed by atoms with Gasteiger partial charge in [-0.2, -0.15) is 8.96 Å². The van der Waals surface area contributed by atoms with Gasteiger partial charge in [-0.1, -0.05) is 18.2 Å². The highest BCUT2D eigenvalue weighted by molar-refractivity contribution is 5.74. The third-order valence-corrected chi connectivity index (χ3v) is 2.30. The van der Waals surface area contributed by atoms with Crippen LogP contribution in [0.15, 0.2) is 46.1 Å². The number of rotatable bonds is 1. The van der Waals surface area contributed by atoms with Crippen LogP contribution in [0.5, 0.6) is 0 Å². The van der Waals surface area contributed by atoms with Crippen LogP contribution >= 0.6 is 0 Å². The van der Waals surface area contributed by atoms with Gasteiger partial charge in [-0.05, 0) is 12.1 Å². The Morgan fingerprint density at radius 3 is 2.33 bits per heavy atom. The molecule has 0 saturated carbocycles. The van der Waals surface area contributed by atoms with Gasteiger partial charge in [0.2, 0.25) is 5.82 Å². The lowest BCUT2D eigenvalue weighted by molar-refractivity contribution is 0.247.